The largest absolute Gasteiger partial charge is 0.314 e. The predicted molar refractivity (Wildman–Crippen MR) is 74.2 cm³/mol. The summed E-state index contributed by atoms with van der Waals surface area (Å²) in [5, 5.41) is 3.66. The number of hydrogen-bond acceptors (Lipinski definition) is 2. The van der Waals surface area contributed by atoms with Gasteiger partial charge in [-0.25, -0.2) is 0 Å². The number of rotatable bonds is 7. The lowest BCUT2D eigenvalue weighted by Gasteiger charge is -2.32. The average molecular weight is 238 g/mol. The van der Waals surface area contributed by atoms with Gasteiger partial charge in [0, 0.05) is 18.6 Å². The highest BCUT2D eigenvalue weighted by atomic mass is 15.1. The smallest absolute Gasteiger partial charge is 0.0102 e. The second-order valence-electron chi connectivity index (χ2n) is 6.49. The monoisotopic (exact) mass is 238 g/mol. The number of nitrogens with zero attached hydrogens (tertiary/aromatic N) is 1. The minimum Gasteiger partial charge on any atom is -0.314 e. The van der Waals surface area contributed by atoms with Crippen LogP contribution in [0, 0.1) is 11.8 Å². The van der Waals surface area contributed by atoms with E-state index in [0.29, 0.717) is 6.04 Å². The van der Waals surface area contributed by atoms with Crippen LogP contribution in [0.2, 0.25) is 0 Å². The third-order valence-electron chi connectivity index (χ3n) is 4.85. The van der Waals surface area contributed by atoms with Crippen LogP contribution in [0.15, 0.2) is 0 Å². The second-order valence-corrected chi connectivity index (χ2v) is 6.49. The minimum absolute atomic E-state index is 0.710. The third-order valence-corrected chi connectivity index (χ3v) is 4.85. The van der Waals surface area contributed by atoms with Gasteiger partial charge in [-0.05, 0) is 58.0 Å². The van der Waals surface area contributed by atoms with Crippen molar-refractivity contribution in [3.63, 3.8) is 0 Å². The maximum absolute atomic E-state index is 3.66. The first-order valence-corrected chi connectivity index (χ1v) is 7.60. The first-order chi connectivity index (χ1) is 8.16. The summed E-state index contributed by atoms with van der Waals surface area (Å²) in [5.74, 6) is 1.74. The van der Waals surface area contributed by atoms with E-state index in [1.807, 2.05) is 0 Å². The summed E-state index contributed by atoms with van der Waals surface area (Å²) in [4.78, 5) is 2.59. The second kappa shape index (κ2) is 6.19. The summed E-state index contributed by atoms with van der Waals surface area (Å²) in [6.45, 7) is 7.30. The molecular weight excluding hydrogens is 208 g/mol. The molecule has 0 heterocycles. The summed E-state index contributed by atoms with van der Waals surface area (Å²) in [6.07, 6.45) is 8.66. The SMILES string of the molecule is CC(CNC1CC1)C(C)N(C)CC1CCCC1. The van der Waals surface area contributed by atoms with Gasteiger partial charge in [0.25, 0.3) is 0 Å². The Morgan fingerprint density at radius 1 is 1.12 bits per heavy atom. The summed E-state index contributed by atoms with van der Waals surface area (Å²) in [5.41, 5.74) is 0. The average Bonchev–Trinajstić information content (AvgIpc) is 3.02. The van der Waals surface area contributed by atoms with Crippen molar-refractivity contribution >= 4 is 0 Å². The molecule has 2 fully saturated rings. The van der Waals surface area contributed by atoms with Crippen LogP contribution in [0.25, 0.3) is 0 Å². The minimum atomic E-state index is 0.710. The van der Waals surface area contributed by atoms with Crippen molar-refractivity contribution in [2.75, 3.05) is 20.1 Å². The standard InChI is InChI=1S/C15H30N2/c1-12(10-16-15-8-9-15)13(2)17(3)11-14-6-4-5-7-14/h12-16H,4-11H2,1-3H3. The van der Waals surface area contributed by atoms with Crippen molar-refractivity contribution in [1.29, 1.82) is 0 Å². The van der Waals surface area contributed by atoms with Crippen LogP contribution < -0.4 is 5.32 Å². The van der Waals surface area contributed by atoms with Crippen molar-refractivity contribution in [1.82, 2.24) is 10.2 Å². The molecule has 2 saturated carbocycles. The van der Waals surface area contributed by atoms with E-state index in [2.05, 4.69) is 31.1 Å². The molecule has 17 heavy (non-hydrogen) atoms. The highest BCUT2D eigenvalue weighted by Gasteiger charge is 2.25. The van der Waals surface area contributed by atoms with Crippen molar-refractivity contribution < 1.29 is 0 Å². The Kier molecular flexibility index (Phi) is 4.87. The molecule has 2 heteroatoms. The maximum atomic E-state index is 3.66. The zero-order valence-electron chi connectivity index (χ0n) is 11.9. The molecular formula is C15H30N2. The van der Waals surface area contributed by atoms with Crippen LogP contribution in [0.1, 0.15) is 52.4 Å². The van der Waals surface area contributed by atoms with Crippen LogP contribution in [0.3, 0.4) is 0 Å². The fourth-order valence-corrected chi connectivity index (χ4v) is 3.01. The Morgan fingerprint density at radius 3 is 2.35 bits per heavy atom. The molecule has 2 nitrogen and oxygen atoms in total. The number of nitrogens with one attached hydrogen (secondary N) is 1. The van der Waals surface area contributed by atoms with E-state index in [1.54, 1.807) is 0 Å². The van der Waals surface area contributed by atoms with Gasteiger partial charge >= 0.3 is 0 Å². The van der Waals surface area contributed by atoms with Gasteiger partial charge < -0.3 is 10.2 Å². The molecule has 0 aromatic rings. The molecule has 0 saturated heterocycles. The molecule has 1 N–H and O–H groups in total. The lowest BCUT2D eigenvalue weighted by atomic mass is 10.00. The molecule has 0 radical (unpaired) electrons. The molecule has 0 aliphatic heterocycles. The van der Waals surface area contributed by atoms with Gasteiger partial charge in [-0.1, -0.05) is 19.8 Å². The van der Waals surface area contributed by atoms with Gasteiger partial charge in [0.05, 0.1) is 0 Å². The van der Waals surface area contributed by atoms with Crippen molar-refractivity contribution in [3.8, 4) is 0 Å². The third kappa shape index (κ3) is 4.26. The fourth-order valence-electron chi connectivity index (χ4n) is 3.01. The zero-order chi connectivity index (χ0) is 12.3. The van der Waals surface area contributed by atoms with Crippen LogP contribution in [-0.2, 0) is 0 Å². The van der Waals surface area contributed by atoms with E-state index in [4.69, 9.17) is 0 Å². The topological polar surface area (TPSA) is 15.3 Å². The highest BCUT2D eigenvalue weighted by molar-refractivity contribution is 4.83. The molecule has 100 valence electrons. The Labute approximate surface area is 107 Å². The number of hydrogen-bond donors (Lipinski definition) is 1. The van der Waals surface area contributed by atoms with Crippen molar-refractivity contribution in [3.05, 3.63) is 0 Å². The van der Waals surface area contributed by atoms with Gasteiger partial charge in [0.15, 0.2) is 0 Å². The molecule has 2 aliphatic rings. The summed E-state index contributed by atoms with van der Waals surface area (Å²) in [7, 11) is 2.32. The van der Waals surface area contributed by atoms with Gasteiger partial charge in [0.2, 0.25) is 0 Å². The molecule has 2 rings (SSSR count). The molecule has 0 amide bonds. The van der Waals surface area contributed by atoms with Crippen LogP contribution in [-0.4, -0.2) is 37.1 Å². The van der Waals surface area contributed by atoms with E-state index in [-0.39, 0.29) is 0 Å². The van der Waals surface area contributed by atoms with E-state index >= 15 is 0 Å². The Bertz CT molecular complexity index is 219. The Morgan fingerprint density at radius 2 is 1.76 bits per heavy atom. The Hall–Kier alpha value is -0.0800. The lowest BCUT2D eigenvalue weighted by molar-refractivity contribution is 0.170. The summed E-state index contributed by atoms with van der Waals surface area (Å²) in [6, 6.07) is 1.56. The van der Waals surface area contributed by atoms with Crippen LogP contribution in [0.5, 0.6) is 0 Å². The van der Waals surface area contributed by atoms with Crippen LogP contribution >= 0.6 is 0 Å². The quantitative estimate of drug-likeness (QED) is 0.733. The van der Waals surface area contributed by atoms with Crippen molar-refractivity contribution in [2.45, 2.75) is 64.5 Å². The van der Waals surface area contributed by atoms with Gasteiger partial charge in [0.1, 0.15) is 0 Å². The normalized spacial score (nSPS) is 25.4. The molecule has 0 bridgehead atoms. The molecule has 2 atom stereocenters. The summed E-state index contributed by atoms with van der Waals surface area (Å²) >= 11 is 0. The Balaban J connectivity index is 1.66. The van der Waals surface area contributed by atoms with Gasteiger partial charge in [-0.3, -0.25) is 0 Å². The predicted octanol–water partition coefficient (Wildman–Crippen LogP) is 2.89. The maximum Gasteiger partial charge on any atom is 0.0102 e. The molecule has 2 aliphatic carbocycles. The van der Waals surface area contributed by atoms with Gasteiger partial charge in [-0.2, -0.15) is 0 Å². The van der Waals surface area contributed by atoms with Gasteiger partial charge in [-0.15, -0.1) is 0 Å². The fraction of sp³-hybridized carbons (Fsp3) is 1.00. The zero-order valence-corrected chi connectivity index (χ0v) is 11.9. The molecule has 0 aromatic heterocycles. The molecule has 2 unspecified atom stereocenters. The van der Waals surface area contributed by atoms with Crippen LogP contribution in [0.4, 0.5) is 0 Å². The summed E-state index contributed by atoms with van der Waals surface area (Å²) < 4.78 is 0. The van der Waals surface area contributed by atoms with E-state index < -0.39 is 0 Å². The van der Waals surface area contributed by atoms with E-state index in [9.17, 15) is 0 Å². The van der Waals surface area contributed by atoms with Crippen molar-refractivity contribution in [2.24, 2.45) is 11.8 Å². The van der Waals surface area contributed by atoms with E-state index in [0.717, 1.165) is 17.9 Å². The lowest BCUT2D eigenvalue weighted by Crippen LogP contribution is -2.41. The first kappa shape index (κ1) is 13.4. The first-order valence-electron chi connectivity index (χ1n) is 7.60. The van der Waals surface area contributed by atoms with E-state index in [1.165, 1.54) is 51.6 Å². The molecule has 0 spiro atoms. The highest BCUT2D eigenvalue weighted by Crippen LogP contribution is 2.26. The molecule has 0 aromatic carbocycles.